The fourth-order valence-corrected chi connectivity index (χ4v) is 2.46. The fourth-order valence-electron chi connectivity index (χ4n) is 2.46. The van der Waals surface area contributed by atoms with Gasteiger partial charge in [-0.15, -0.1) is 0 Å². The van der Waals surface area contributed by atoms with E-state index in [1.165, 1.54) is 24.0 Å². The maximum atomic E-state index is 6.02. The van der Waals surface area contributed by atoms with Gasteiger partial charge in [-0.25, -0.2) is 0 Å². The second-order valence-electron chi connectivity index (χ2n) is 5.00. The molecular formula is C15H23NO. The van der Waals surface area contributed by atoms with Crippen molar-refractivity contribution < 1.29 is 4.74 Å². The van der Waals surface area contributed by atoms with Gasteiger partial charge in [0.15, 0.2) is 0 Å². The molecule has 0 spiro atoms. The summed E-state index contributed by atoms with van der Waals surface area (Å²) in [5.41, 5.74) is 8.70. The topological polar surface area (TPSA) is 35.2 Å². The van der Waals surface area contributed by atoms with Crippen LogP contribution in [0.1, 0.15) is 50.3 Å². The highest BCUT2D eigenvalue weighted by Gasteiger charge is 2.19. The maximum Gasteiger partial charge on any atom is 0.119 e. The average molecular weight is 233 g/mol. The molecule has 17 heavy (non-hydrogen) atoms. The molecule has 0 amide bonds. The first-order valence-corrected chi connectivity index (χ1v) is 6.75. The van der Waals surface area contributed by atoms with E-state index in [9.17, 15) is 0 Å². The molecule has 0 unspecified atom stereocenters. The first kappa shape index (κ1) is 12.4. The zero-order chi connectivity index (χ0) is 12.3. The van der Waals surface area contributed by atoms with Gasteiger partial charge in [-0.3, -0.25) is 0 Å². The lowest BCUT2D eigenvalue weighted by Gasteiger charge is -2.14. The Kier molecular flexibility index (Phi) is 4.06. The van der Waals surface area contributed by atoms with Crippen molar-refractivity contribution in [3.8, 4) is 5.75 Å². The summed E-state index contributed by atoms with van der Waals surface area (Å²) in [6.07, 6.45) is 4.54. The van der Waals surface area contributed by atoms with Crippen molar-refractivity contribution in [3.63, 3.8) is 0 Å². The van der Waals surface area contributed by atoms with Crippen LogP contribution < -0.4 is 10.5 Å². The quantitative estimate of drug-likeness (QED) is 0.845. The number of aryl methyl sites for hydroxylation is 1. The first-order chi connectivity index (χ1) is 8.24. The molecule has 0 saturated carbocycles. The zero-order valence-electron chi connectivity index (χ0n) is 10.9. The third-order valence-corrected chi connectivity index (χ3v) is 3.88. The summed E-state index contributed by atoms with van der Waals surface area (Å²) in [6.45, 7) is 5.27. The van der Waals surface area contributed by atoms with Gasteiger partial charge in [-0.05, 0) is 42.0 Å². The fraction of sp³-hybridized carbons (Fsp3) is 0.600. The Morgan fingerprint density at radius 3 is 2.82 bits per heavy atom. The Balaban J connectivity index is 1.99. The second kappa shape index (κ2) is 5.54. The van der Waals surface area contributed by atoms with E-state index in [1.807, 2.05) is 0 Å². The van der Waals surface area contributed by atoms with Crippen molar-refractivity contribution in [1.82, 2.24) is 0 Å². The van der Waals surface area contributed by atoms with Crippen molar-refractivity contribution in [2.24, 2.45) is 11.7 Å². The van der Waals surface area contributed by atoms with E-state index in [4.69, 9.17) is 10.5 Å². The van der Waals surface area contributed by atoms with E-state index in [-0.39, 0.29) is 6.04 Å². The maximum absolute atomic E-state index is 6.02. The van der Waals surface area contributed by atoms with Crippen LogP contribution in [-0.2, 0) is 6.42 Å². The molecule has 0 bridgehead atoms. The predicted molar refractivity (Wildman–Crippen MR) is 71.3 cm³/mol. The Labute approximate surface area is 104 Å². The minimum absolute atomic E-state index is 0.234. The molecule has 94 valence electrons. The van der Waals surface area contributed by atoms with Crippen LogP contribution in [0.15, 0.2) is 18.2 Å². The van der Waals surface area contributed by atoms with E-state index in [0.717, 1.165) is 25.2 Å². The summed E-state index contributed by atoms with van der Waals surface area (Å²) in [5, 5.41) is 0. The van der Waals surface area contributed by atoms with Crippen LogP contribution >= 0.6 is 0 Å². The molecule has 1 aromatic carbocycles. The Morgan fingerprint density at radius 1 is 1.35 bits per heavy atom. The number of ether oxygens (including phenoxy) is 1. The lowest BCUT2D eigenvalue weighted by Crippen LogP contribution is -2.10. The van der Waals surface area contributed by atoms with Crippen molar-refractivity contribution in [1.29, 1.82) is 0 Å². The van der Waals surface area contributed by atoms with Gasteiger partial charge in [-0.2, -0.15) is 0 Å². The molecule has 1 aliphatic carbocycles. The zero-order valence-corrected chi connectivity index (χ0v) is 10.9. The van der Waals surface area contributed by atoms with Crippen LogP contribution in [-0.4, -0.2) is 6.61 Å². The molecular weight excluding hydrogens is 210 g/mol. The van der Waals surface area contributed by atoms with E-state index in [2.05, 4.69) is 32.0 Å². The molecule has 0 radical (unpaired) electrons. The molecule has 1 atom stereocenters. The van der Waals surface area contributed by atoms with Crippen LogP contribution in [0.25, 0.3) is 0 Å². The van der Waals surface area contributed by atoms with Crippen molar-refractivity contribution >= 4 is 0 Å². The molecule has 2 rings (SSSR count). The standard InChI is InChI=1S/C15H23NO/c1-3-11(4-2)10-17-13-6-7-14-12(9-13)5-8-15(14)16/h6-7,9,11,15H,3-5,8,10,16H2,1-2H3/t15-/m1/s1. The Bertz CT molecular complexity index is 371. The molecule has 0 heterocycles. The normalized spacial score (nSPS) is 18.5. The SMILES string of the molecule is CCC(CC)COc1ccc2c(c1)CC[C@H]2N. The number of rotatable bonds is 5. The molecule has 0 fully saturated rings. The van der Waals surface area contributed by atoms with Crippen LogP contribution in [0.2, 0.25) is 0 Å². The van der Waals surface area contributed by atoms with Gasteiger partial charge in [-0.1, -0.05) is 32.8 Å². The smallest absolute Gasteiger partial charge is 0.119 e. The third kappa shape index (κ3) is 2.81. The number of hydrogen-bond donors (Lipinski definition) is 1. The van der Waals surface area contributed by atoms with Gasteiger partial charge in [0.2, 0.25) is 0 Å². The predicted octanol–water partition coefficient (Wildman–Crippen LogP) is 3.45. The van der Waals surface area contributed by atoms with E-state index in [1.54, 1.807) is 0 Å². The molecule has 0 saturated heterocycles. The summed E-state index contributed by atoms with van der Waals surface area (Å²) in [6, 6.07) is 6.60. The van der Waals surface area contributed by atoms with Gasteiger partial charge in [0.05, 0.1) is 6.61 Å². The minimum Gasteiger partial charge on any atom is -0.493 e. The number of hydrogen-bond acceptors (Lipinski definition) is 2. The first-order valence-electron chi connectivity index (χ1n) is 6.75. The van der Waals surface area contributed by atoms with Crippen molar-refractivity contribution in [2.75, 3.05) is 6.61 Å². The Hall–Kier alpha value is -1.02. The number of benzene rings is 1. The molecule has 2 nitrogen and oxygen atoms in total. The molecule has 0 aromatic heterocycles. The van der Waals surface area contributed by atoms with Crippen LogP contribution in [0.5, 0.6) is 5.75 Å². The van der Waals surface area contributed by atoms with Crippen molar-refractivity contribution in [3.05, 3.63) is 29.3 Å². The molecule has 1 aromatic rings. The van der Waals surface area contributed by atoms with E-state index in [0.29, 0.717) is 5.92 Å². The average Bonchev–Trinajstić information content (AvgIpc) is 2.72. The third-order valence-electron chi connectivity index (χ3n) is 3.88. The summed E-state index contributed by atoms with van der Waals surface area (Å²) in [4.78, 5) is 0. The van der Waals surface area contributed by atoms with Gasteiger partial charge in [0.1, 0.15) is 5.75 Å². The highest BCUT2D eigenvalue weighted by atomic mass is 16.5. The molecule has 2 heteroatoms. The summed E-state index contributed by atoms with van der Waals surface area (Å²) >= 11 is 0. The van der Waals surface area contributed by atoms with E-state index < -0.39 is 0 Å². The molecule has 0 aliphatic heterocycles. The van der Waals surface area contributed by atoms with Gasteiger partial charge in [0, 0.05) is 6.04 Å². The number of nitrogens with two attached hydrogens (primary N) is 1. The van der Waals surface area contributed by atoms with Crippen LogP contribution in [0, 0.1) is 5.92 Å². The number of fused-ring (bicyclic) bond motifs is 1. The summed E-state index contributed by atoms with van der Waals surface area (Å²) in [5.74, 6) is 1.68. The Morgan fingerprint density at radius 2 is 2.12 bits per heavy atom. The monoisotopic (exact) mass is 233 g/mol. The second-order valence-corrected chi connectivity index (χ2v) is 5.00. The van der Waals surface area contributed by atoms with Gasteiger partial charge >= 0.3 is 0 Å². The summed E-state index contributed by atoms with van der Waals surface area (Å²) < 4.78 is 5.87. The lowest BCUT2D eigenvalue weighted by molar-refractivity contribution is 0.240. The molecule has 1 aliphatic rings. The molecule has 2 N–H and O–H groups in total. The highest BCUT2D eigenvalue weighted by molar-refractivity contribution is 5.40. The van der Waals surface area contributed by atoms with Crippen LogP contribution in [0.3, 0.4) is 0 Å². The van der Waals surface area contributed by atoms with Gasteiger partial charge < -0.3 is 10.5 Å². The van der Waals surface area contributed by atoms with E-state index >= 15 is 0 Å². The van der Waals surface area contributed by atoms with Crippen molar-refractivity contribution in [2.45, 2.75) is 45.6 Å². The van der Waals surface area contributed by atoms with Gasteiger partial charge in [0.25, 0.3) is 0 Å². The minimum atomic E-state index is 0.234. The summed E-state index contributed by atoms with van der Waals surface area (Å²) in [7, 11) is 0. The lowest BCUT2D eigenvalue weighted by atomic mass is 10.1. The highest BCUT2D eigenvalue weighted by Crippen LogP contribution is 2.32. The van der Waals surface area contributed by atoms with Crippen LogP contribution in [0.4, 0.5) is 0 Å². The largest absolute Gasteiger partial charge is 0.493 e.